The van der Waals surface area contributed by atoms with E-state index in [4.69, 9.17) is 9.72 Å². The average molecular weight is 306 g/mol. The highest BCUT2D eigenvalue weighted by Gasteiger charge is 2.41. The van der Waals surface area contributed by atoms with Gasteiger partial charge in [0.1, 0.15) is 0 Å². The second-order valence-electron chi connectivity index (χ2n) is 6.70. The Labute approximate surface area is 129 Å². The van der Waals surface area contributed by atoms with E-state index in [1.807, 2.05) is 11.3 Å². The molecule has 1 aliphatic carbocycles. The molecule has 3 aliphatic rings. The molecule has 0 bridgehead atoms. The number of amides is 1. The number of aromatic nitrogens is 1. The van der Waals surface area contributed by atoms with Gasteiger partial charge in [0.05, 0.1) is 17.3 Å². The van der Waals surface area contributed by atoms with Gasteiger partial charge in [-0.05, 0) is 32.1 Å². The van der Waals surface area contributed by atoms with Crippen LogP contribution in [0.3, 0.4) is 0 Å². The van der Waals surface area contributed by atoms with Crippen LogP contribution in [0.2, 0.25) is 0 Å². The number of hydrogen-bond donors (Lipinski definition) is 0. The molecule has 0 unspecified atom stereocenters. The van der Waals surface area contributed by atoms with Crippen molar-refractivity contribution < 1.29 is 9.53 Å². The molecule has 0 saturated carbocycles. The molecule has 0 N–H and O–H groups in total. The van der Waals surface area contributed by atoms with Gasteiger partial charge in [-0.1, -0.05) is 0 Å². The number of thiazole rings is 1. The largest absolute Gasteiger partial charge is 0.381 e. The zero-order valence-corrected chi connectivity index (χ0v) is 13.2. The molecule has 0 aromatic carbocycles. The van der Waals surface area contributed by atoms with Crippen molar-refractivity contribution in [3.63, 3.8) is 0 Å². The highest BCUT2D eigenvalue weighted by atomic mass is 32.1. The Hall–Kier alpha value is -0.940. The molecular weight excluding hydrogens is 284 g/mol. The first-order chi connectivity index (χ1) is 10.2. The lowest BCUT2D eigenvalue weighted by molar-refractivity contribution is -0.137. The number of fused-ring (bicyclic) bond motifs is 1. The van der Waals surface area contributed by atoms with E-state index in [-0.39, 0.29) is 5.41 Å². The van der Waals surface area contributed by atoms with E-state index in [1.165, 1.54) is 28.4 Å². The van der Waals surface area contributed by atoms with E-state index in [9.17, 15) is 4.79 Å². The standard InChI is InChI=1S/C16H22N2O2S/c19-15-4-6-16(7-9-20-11-16)10-18(15)8-5-14-17-12-2-1-3-13(12)21-14/h1-11H2/t16-/m1/s1. The quantitative estimate of drug-likeness (QED) is 0.860. The van der Waals surface area contributed by atoms with Crippen molar-refractivity contribution in [2.75, 3.05) is 26.3 Å². The van der Waals surface area contributed by atoms with Crippen molar-refractivity contribution in [2.45, 2.75) is 44.9 Å². The minimum atomic E-state index is 0.249. The van der Waals surface area contributed by atoms with Gasteiger partial charge in [0.2, 0.25) is 5.91 Å². The predicted molar refractivity (Wildman–Crippen MR) is 81.5 cm³/mol. The molecular formula is C16H22N2O2S. The lowest BCUT2D eigenvalue weighted by Gasteiger charge is -2.39. The maximum absolute atomic E-state index is 12.2. The second kappa shape index (κ2) is 5.36. The van der Waals surface area contributed by atoms with Crippen LogP contribution >= 0.6 is 11.3 Å². The Bertz CT molecular complexity index is 527. The highest BCUT2D eigenvalue weighted by Crippen LogP contribution is 2.38. The maximum Gasteiger partial charge on any atom is 0.222 e. The molecule has 5 heteroatoms. The maximum atomic E-state index is 12.2. The number of rotatable bonds is 3. The summed E-state index contributed by atoms with van der Waals surface area (Å²) < 4.78 is 5.58. The molecule has 4 rings (SSSR count). The lowest BCUT2D eigenvalue weighted by Crippen LogP contribution is -2.47. The summed E-state index contributed by atoms with van der Waals surface area (Å²) in [5.41, 5.74) is 1.57. The SMILES string of the molecule is O=C1CC[C@@]2(CCOC2)CN1CCc1nc2c(s1)CCC2. The first-order valence-electron chi connectivity index (χ1n) is 8.07. The van der Waals surface area contributed by atoms with Crippen molar-refractivity contribution in [1.29, 1.82) is 0 Å². The van der Waals surface area contributed by atoms with E-state index in [2.05, 4.69) is 4.90 Å². The van der Waals surface area contributed by atoms with Gasteiger partial charge >= 0.3 is 0 Å². The molecule has 114 valence electrons. The monoisotopic (exact) mass is 306 g/mol. The average Bonchev–Trinajstić information content (AvgIpc) is 3.16. The molecule has 0 radical (unpaired) electrons. The van der Waals surface area contributed by atoms with E-state index < -0.39 is 0 Å². The van der Waals surface area contributed by atoms with Gasteiger partial charge in [-0.25, -0.2) is 4.98 Å². The van der Waals surface area contributed by atoms with Gasteiger partial charge in [-0.3, -0.25) is 4.79 Å². The zero-order valence-electron chi connectivity index (χ0n) is 12.4. The van der Waals surface area contributed by atoms with Gasteiger partial charge in [-0.15, -0.1) is 11.3 Å². The first-order valence-corrected chi connectivity index (χ1v) is 8.89. The van der Waals surface area contributed by atoms with E-state index in [0.717, 1.165) is 52.0 Å². The number of piperidine rings is 1. The molecule has 3 heterocycles. The van der Waals surface area contributed by atoms with Crippen LogP contribution in [0, 0.1) is 5.41 Å². The van der Waals surface area contributed by atoms with Crippen molar-refractivity contribution in [3.05, 3.63) is 15.6 Å². The van der Waals surface area contributed by atoms with Gasteiger partial charge in [0.25, 0.3) is 0 Å². The molecule has 1 aromatic rings. The molecule has 2 saturated heterocycles. The molecule has 2 aliphatic heterocycles. The van der Waals surface area contributed by atoms with E-state index in [1.54, 1.807) is 0 Å². The molecule has 4 nitrogen and oxygen atoms in total. The summed E-state index contributed by atoms with van der Waals surface area (Å²) in [7, 11) is 0. The zero-order chi connectivity index (χ0) is 14.3. The summed E-state index contributed by atoms with van der Waals surface area (Å²) in [5.74, 6) is 0.316. The number of likely N-dealkylation sites (tertiary alicyclic amines) is 1. The van der Waals surface area contributed by atoms with Crippen LogP contribution in [0.15, 0.2) is 0 Å². The van der Waals surface area contributed by atoms with Gasteiger partial charge < -0.3 is 9.64 Å². The summed E-state index contributed by atoms with van der Waals surface area (Å²) in [6.45, 7) is 3.41. The third-order valence-electron chi connectivity index (χ3n) is 5.17. The number of ether oxygens (including phenoxy) is 1. The van der Waals surface area contributed by atoms with Gasteiger partial charge in [0, 0.05) is 42.8 Å². The van der Waals surface area contributed by atoms with Gasteiger partial charge in [-0.2, -0.15) is 0 Å². The van der Waals surface area contributed by atoms with Crippen molar-refractivity contribution in [3.8, 4) is 0 Å². The molecule has 1 aromatic heterocycles. The van der Waals surface area contributed by atoms with Crippen LogP contribution in [0.25, 0.3) is 0 Å². The number of hydrogen-bond acceptors (Lipinski definition) is 4. The molecule has 1 atom stereocenters. The van der Waals surface area contributed by atoms with Crippen molar-refractivity contribution in [1.82, 2.24) is 9.88 Å². The fourth-order valence-corrected chi connectivity index (χ4v) is 5.00. The fraction of sp³-hybridized carbons (Fsp3) is 0.750. The summed E-state index contributed by atoms with van der Waals surface area (Å²) in [6, 6.07) is 0. The molecule has 1 spiro atoms. The Morgan fingerprint density at radius 1 is 1.29 bits per heavy atom. The highest BCUT2D eigenvalue weighted by molar-refractivity contribution is 7.11. The third-order valence-corrected chi connectivity index (χ3v) is 6.39. The van der Waals surface area contributed by atoms with Crippen LogP contribution in [-0.4, -0.2) is 42.1 Å². The van der Waals surface area contributed by atoms with Gasteiger partial charge in [0.15, 0.2) is 0 Å². The molecule has 21 heavy (non-hydrogen) atoms. The number of carbonyl (C=O) groups excluding carboxylic acids is 1. The summed E-state index contributed by atoms with van der Waals surface area (Å²) in [4.78, 5) is 20.5. The topological polar surface area (TPSA) is 42.4 Å². The number of aryl methyl sites for hydroxylation is 2. The van der Waals surface area contributed by atoms with E-state index >= 15 is 0 Å². The minimum Gasteiger partial charge on any atom is -0.381 e. The fourth-order valence-electron chi connectivity index (χ4n) is 3.86. The third kappa shape index (κ3) is 2.61. The van der Waals surface area contributed by atoms with Crippen molar-refractivity contribution >= 4 is 17.2 Å². The lowest BCUT2D eigenvalue weighted by atomic mass is 9.79. The van der Waals surface area contributed by atoms with E-state index in [0.29, 0.717) is 12.3 Å². The van der Waals surface area contributed by atoms with Crippen molar-refractivity contribution in [2.24, 2.45) is 5.41 Å². The van der Waals surface area contributed by atoms with Crippen LogP contribution < -0.4 is 0 Å². The van der Waals surface area contributed by atoms with Crippen LogP contribution in [0.1, 0.15) is 41.3 Å². The minimum absolute atomic E-state index is 0.249. The smallest absolute Gasteiger partial charge is 0.222 e. The van der Waals surface area contributed by atoms with Crippen LogP contribution in [0.5, 0.6) is 0 Å². The summed E-state index contributed by atoms with van der Waals surface area (Å²) in [6.07, 6.45) is 7.35. The Morgan fingerprint density at radius 2 is 2.24 bits per heavy atom. The molecule has 1 amide bonds. The Morgan fingerprint density at radius 3 is 3.05 bits per heavy atom. The Kier molecular flexibility index (Phi) is 3.50. The van der Waals surface area contributed by atoms with Crippen LogP contribution in [-0.2, 0) is 28.8 Å². The number of nitrogens with zero attached hydrogens (tertiary/aromatic N) is 2. The Balaban J connectivity index is 1.39. The predicted octanol–water partition coefficient (Wildman–Crippen LogP) is 2.20. The summed E-state index contributed by atoms with van der Waals surface area (Å²) >= 11 is 1.86. The number of carbonyl (C=O) groups is 1. The molecule has 2 fully saturated rings. The second-order valence-corrected chi connectivity index (χ2v) is 7.87. The first kappa shape index (κ1) is 13.7. The summed E-state index contributed by atoms with van der Waals surface area (Å²) in [5, 5.41) is 1.22. The van der Waals surface area contributed by atoms with Crippen LogP contribution in [0.4, 0.5) is 0 Å². The normalized spacial score (nSPS) is 28.6.